The third-order valence-electron chi connectivity index (χ3n) is 2.66. The van der Waals surface area contributed by atoms with E-state index in [9.17, 15) is 13.2 Å². The minimum Gasteiger partial charge on any atom is -0.466 e. The molecule has 1 rings (SSSR count). The molecule has 1 fully saturated rings. The number of sulfone groups is 1. The monoisotopic (exact) mass is 232 g/mol. The predicted octanol–water partition coefficient (Wildman–Crippen LogP) is 1.07. The summed E-state index contributed by atoms with van der Waals surface area (Å²) < 4.78 is 27.8. The summed E-state index contributed by atoms with van der Waals surface area (Å²) in [5.41, 5.74) is 0.243. The summed E-state index contributed by atoms with van der Waals surface area (Å²) in [6, 6.07) is 0. The zero-order valence-corrected chi connectivity index (χ0v) is 9.68. The van der Waals surface area contributed by atoms with E-state index in [1.165, 1.54) is 7.11 Å². The van der Waals surface area contributed by atoms with Crippen LogP contribution in [0, 0.1) is 0 Å². The van der Waals surface area contributed by atoms with E-state index in [1.54, 1.807) is 0 Å². The van der Waals surface area contributed by atoms with Crippen LogP contribution in [0.25, 0.3) is 0 Å². The molecule has 1 heterocycles. The average Bonchev–Trinajstić information content (AvgIpc) is 2.19. The Morgan fingerprint density at radius 2 is 2.13 bits per heavy atom. The van der Waals surface area contributed by atoms with Crippen molar-refractivity contribution in [3.63, 3.8) is 0 Å². The zero-order valence-electron chi connectivity index (χ0n) is 8.86. The Morgan fingerprint density at radius 3 is 2.67 bits per heavy atom. The summed E-state index contributed by atoms with van der Waals surface area (Å²) in [6.07, 6.45) is 2.45. The maximum Gasteiger partial charge on any atom is 0.333 e. The Hall–Kier alpha value is -0.840. The van der Waals surface area contributed by atoms with Crippen LogP contribution in [0.15, 0.2) is 12.2 Å². The summed E-state index contributed by atoms with van der Waals surface area (Å²) in [5, 5.41) is -0.446. The van der Waals surface area contributed by atoms with Crippen LogP contribution < -0.4 is 0 Å². The van der Waals surface area contributed by atoms with Gasteiger partial charge in [-0.05, 0) is 19.3 Å². The average molecular weight is 232 g/mol. The molecule has 15 heavy (non-hydrogen) atoms. The third-order valence-corrected chi connectivity index (χ3v) is 4.94. The molecule has 0 aliphatic carbocycles. The number of ether oxygens (including phenoxy) is 1. The zero-order chi connectivity index (χ0) is 11.5. The van der Waals surface area contributed by atoms with Gasteiger partial charge in [-0.3, -0.25) is 0 Å². The second-order valence-electron chi connectivity index (χ2n) is 3.78. The lowest BCUT2D eigenvalue weighted by Crippen LogP contribution is -2.29. The molecule has 0 spiro atoms. The first kappa shape index (κ1) is 12.2. The van der Waals surface area contributed by atoms with E-state index in [0.717, 1.165) is 12.8 Å². The molecule has 4 nitrogen and oxygen atoms in total. The molecule has 0 amide bonds. The molecule has 1 atom stereocenters. The lowest BCUT2D eigenvalue weighted by atomic mass is 10.1. The molecule has 1 aliphatic rings. The molecule has 86 valence electrons. The molecule has 0 aromatic rings. The van der Waals surface area contributed by atoms with E-state index < -0.39 is 21.1 Å². The van der Waals surface area contributed by atoms with Crippen LogP contribution in [0.3, 0.4) is 0 Å². The Kier molecular flexibility index (Phi) is 3.90. The van der Waals surface area contributed by atoms with Crippen LogP contribution in [0.2, 0.25) is 0 Å². The lowest BCUT2D eigenvalue weighted by molar-refractivity contribution is -0.136. The van der Waals surface area contributed by atoms with Crippen molar-refractivity contribution in [2.75, 3.05) is 12.9 Å². The summed E-state index contributed by atoms with van der Waals surface area (Å²) in [5.74, 6) is -0.290. The molecule has 0 saturated carbocycles. The minimum absolute atomic E-state index is 0.203. The Labute approximate surface area is 90.2 Å². The molecule has 1 unspecified atom stereocenters. The molecular formula is C10H16O4S. The van der Waals surface area contributed by atoms with E-state index in [1.807, 2.05) is 0 Å². The number of esters is 1. The van der Waals surface area contributed by atoms with Crippen molar-refractivity contribution < 1.29 is 17.9 Å². The van der Waals surface area contributed by atoms with E-state index in [-0.39, 0.29) is 17.7 Å². The smallest absolute Gasteiger partial charge is 0.333 e. The van der Waals surface area contributed by atoms with Gasteiger partial charge in [-0.15, -0.1) is 0 Å². The molecule has 0 bridgehead atoms. The van der Waals surface area contributed by atoms with E-state index >= 15 is 0 Å². The van der Waals surface area contributed by atoms with Gasteiger partial charge in [-0.1, -0.05) is 13.0 Å². The van der Waals surface area contributed by atoms with Gasteiger partial charge in [0.25, 0.3) is 0 Å². The molecule has 0 N–H and O–H groups in total. The standard InChI is InChI=1S/C10H16O4S/c1-8(10(11)14-2)7-9-5-3-4-6-15(9,12)13/h9H,1,3-7H2,2H3. The van der Waals surface area contributed by atoms with Gasteiger partial charge in [0.05, 0.1) is 18.1 Å². The van der Waals surface area contributed by atoms with Crippen molar-refractivity contribution in [1.29, 1.82) is 0 Å². The van der Waals surface area contributed by atoms with Crippen molar-refractivity contribution >= 4 is 15.8 Å². The van der Waals surface area contributed by atoms with Crippen LogP contribution in [0.4, 0.5) is 0 Å². The molecule has 5 heteroatoms. The summed E-state index contributed by atoms with van der Waals surface area (Å²) >= 11 is 0. The molecule has 1 aliphatic heterocycles. The van der Waals surface area contributed by atoms with E-state index in [2.05, 4.69) is 11.3 Å². The Bertz CT molecular complexity index is 356. The predicted molar refractivity (Wildman–Crippen MR) is 57.2 cm³/mol. The normalized spacial score (nSPS) is 24.5. The van der Waals surface area contributed by atoms with Crippen LogP contribution in [-0.2, 0) is 19.4 Å². The highest BCUT2D eigenvalue weighted by molar-refractivity contribution is 7.92. The SMILES string of the molecule is C=C(CC1CCCCS1(=O)=O)C(=O)OC. The van der Waals surface area contributed by atoms with Gasteiger partial charge in [0, 0.05) is 5.57 Å². The highest BCUT2D eigenvalue weighted by Gasteiger charge is 2.30. The topological polar surface area (TPSA) is 60.4 Å². The van der Waals surface area contributed by atoms with Crippen molar-refractivity contribution in [2.24, 2.45) is 0 Å². The van der Waals surface area contributed by atoms with Crippen molar-refractivity contribution in [1.82, 2.24) is 0 Å². The Morgan fingerprint density at radius 1 is 1.47 bits per heavy atom. The summed E-state index contributed by atoms with van der Waals surface area (Å²) in [6.45, 7) is 3.55. The van der Waals surface area contributed by atoms with Gasteiger partial charge in [0.15, 0.2) is 9.84 Å². The second-order valence-corrected chi connectivity index (χ2v) is 6.18. The van der Waals surface area contributed by atoms with Crippen LogP contribution >= 0.6 is 0 Å². The van der Waals surface area contributed by atoms with Gasteiger partial charge in [0.1, 0.15) is 0 Å². The highest BCUT2D eigenvalue weighted by atomic mass is 32.2. The first-order chi connectivity index (χ1) is 6.97. The first-order valence-electron chi connectivity index (χ1n) is 4.95. The summed E-state index contributed by atoms with van der Waals surface area (Å²) in [4.78, 5) is 11.1. The van der Waals surface area contributed by atoms with Crippen LogP contribution in [0.1, 0.15) is 25.7 Å². The Balaban J connectivity index is 2.65. The number of hydrogen-bond acceptors (Lipinski definition) is 4. The molecular weight excluding hydrogens is 216 g/mol. The third kappa shape index (κ3) is 3.06. The van der Waals surface area contributed by atoms with Crippen LogP contribution in [0.5, 0.6) is 0 Å². The molecule has 0 radical (unpaired) electrons. The molecule has 0 aromatic carbocycles. The fourth-order valence-corrected chi connectivity index (χ4v) is 3.67. The minimum atomic E-state index is -3.03. The van der Waals surface area contributed by atoms with Gasteiger partial charge >= 0.3 is 5.97 Å². The highest BCUT2D eigenvalue weighted by Crippen LogP contribution is 2.24. The van der Waals surface area contributed by atoms with Crippen molar-refractivity contribution in [2.45, 2.75) is 30.9 Å². The van der Waals surface area contributed by atoms with E-state index in [0.29, 0.717) is 6.42 Å². The van der Waals surface area contributed by atoms with Gasteiger partial charge in [-0.2, -0.15) is 0 Å². The second kappa shape index (κ2) is 4.79. The quantitative estimate of drug-likeness (QED) is 0.539. The number of rotatable bonds is 3. The first-order valence-corrected chi connectivity index (χ1v) is 6.66. The maximum atomic E-state index is 11.6. The largest absolute Gasteiger partial charge is 0.466 e. The van der Waals surface area contributed by atoms with Gasteiger partial charge in [-0.25, -0.2) is 13.2 Å². The van der Waals surface area contributed by atoms with Gasteiger partial charge in [0.2, 0.25) is 0 Å². The fourth-order valence-electron chi connectivity index (χ4n) is 1.75. The van der Waals surface area contributed by atoms with Crippen molar-refractivity contribution in [3.05, 3.63) is 12.2 Å². The number of carbonyl (C=O) groups excluding carboxylic acids is 1. The molecule has 1 saturated heterocycles. The summed E-state index contributed by atoms with van der Waals surface area (Å²) in [7, 11) is -1.76. The van der Waals surface area contributed by atoms with E-state index in [4.69, 9.17) is 0 Å². The fraction of sp³-hybridized carbons (Fsp3) is 0.700. The van der Waals surface area contributed by atoms with Crippen LogP contribution in [-0.4, -0.2) is 32.5 Å². The number of hydrogen-bond donors (Lipinski definition) is 0. The van der Waals surface area contributed by atoms with Crippen molar-refractivity contribution in [3.8, 4) is 0 Å². The number of methoxy groups -OCH3 is 1. The lowest BCUT2D eigenvalue weighted by Gasteiger charge is -2.22. The maximum absolute atomic E-state index is 11.6. The number of carbonyl (C=O) groups is 1. The van der Waals surface area contributed by atoms with Gasteiger partial charge < -0.3 is 4.74 Å². The molecule has 0 aromatic heterocycles.